The average Bonchev–Trinajstić information content (AvgIpc) is 3.29. The first-order valence-electron chi connectivity index (χ1n) is 10.0. The highest BCUT2D eigenvalue weighted by Gasteiger charge is 2.32. The van der Waals surface area contributed by atoms with Crippen LogP contribution >= 0.6 is 23.1 Å². The second-order valence-electron chi connectivity index (χ2n) is 8.25. The summed E-state index contributed by atoms with van der Waals surface area (Å²) in [7, 11) is 0. The van der Waals surface area contributed by atoms with Crippen LogP contribution in [0.15, 0.2) is 5.16 Å². The Morgan fingerprint density at radius 1 is 1.32 bits per heavy atom. The number of carbonyl (C=O) groups excluding carboxylic acids is 1. The van der Waals surface area contributed by atoms with Gasteiger partial charge in [0.1, 0.15) is 10.7 Å². The molecule has 0 radical (unpaired) electrons. The van der Waals surface area contributed by atoms with Gasteiger partial charge < -0.3 is 4.74 Å². The largest absolute Gasteiger partial charge is 0.462 e. The summed E-state index contributed by atoms with van der Waals surface area (Å²) in [6, 6.07) is 0. The van der Waals surface area contributed by atoms with Gasteiger partial charge in [0.25, 0.3) is 0 Å². The molecule has 6 nitrogen and oxygen atoms in total. The fourth-order valence-corrected chi connectivity index (χ4v) is 6.07. The van der Waals surface area contributed by atoms with E-state index in [0.717, 1.165) is 53.1 Å². The summed E-state index contributed by atoms with van der Waals surface area (Å²) in [5, 5.41) is 10.9. The van der Waals surface area contributed by atoms with Crippen molar-refractivity contribution >= 4 is 44.9 Å². The molecule has 0 aliphatic heterocycles. The average molecular weight is 417 g/mol. The Morgan fingerprint density at radius 2 is 2.14 bits per heavy atom. The summed E-state index contributed by atoms with van der Waals surface area (Å²) < 4.78 is 7.37. The highest BCUT2D eigenvalue weighted by Crippen LogP contribution is 2.44. The van der Waals surface area contributed by atoms with E-state index < -0.39 is 0 Å². The van der Waals surface area contributed by atoms with Gasteiger partial charge in [0.15, 0.2) is 10.8 Å². The molecule has 0 N–H and O–H groups in total. The fraction of sp³-hybridized carbons (Fsp3) is 0.600. The Bertz CT molecular complexity index is 1070. The third-order valence-corrected chi connectivity index (χ3v) is 7.47. The van der Waals surface area contributed by atoms with Gasteiger partial charge in [-0.15, -0.1) is 21.5 Å². The van der Waals surface area contributed by atoms with Crippen LogP contribution in [0.2, 0.25) is 0 Å². The molecule has 5 rings (SSSR count). The molecule has 0 spiro atoms. The molecule has 8 heteroatoms. The van der Waals surface area contributed by atoms with Crippen LogP contribution in [0, 0.1) is 5.92 Å². The molecule has 2 aliphatic carbocycles. The smallest absolute Gasteiger partial charge is 0.316 e. The topological polar surface area (TPSA) is 69.4 Å². The van der Waals surface area contributed by atoms with Gasteiger partial charge in [-0.25, -0.2) is 4.98 Å². The van der Waals surface area contributed by atoms with Gasteiger partial charge in [-0.2, -0.15) is 0 Å². The van der Waals surface area contributed by atoms with Crippen LogP contribution in [-0.2, 0) is 22.4 Å². The predicted octanol–water partition coefficient (Wildman–Crippen LogP) is 4.38. The molecule has 0 saturated heterocycles. The minimum Gasteiger partial charge on any atom is -0.462 e. The van der Waals surface area contributed by atoms with E-state index in [0.29, 0.717) is 5.92 Å². The zero-order valence-corrected chi connectivity index (χ0v) is 18.0. The molecule has 0 amide bonds. The molecule has 0 aromatic carbocycles. The molecule has 2 aliphatic rings. The summed E-state index contributed by atoms with van der Waals surface area (Å²) in [5.74, 6) is 2.28. The van der Waals surface area contributed by atoms with Crippen molar-refractivity contribution in [3.8, 4) is 0 Å². The maximum atomic E-state index is 12.0. The Kier molecular flexibility index (Phi) is 4.58. The lowest BCUT2D eigenvalue weighted by Crippen LogP contribution is -2.13. The molecular formula is C20H24N4O2S2. The van der Waals surface area contributed by atoms with Gasteiger partial charge in [0.2, 0.25) is 0 Å². The number of esters is 1. The van der Waals surface area contributed by atoms with Crippen LogP contribution in [0.1, 0.15) is 62.2 Å². The summed E-state index contributed by atoms with van der Waals surface area (Å²) in [4.78, 5) is 19.6. The number of rotatable bonds is 5. The summed E-state index contributed by atoms with van der Waals surface area (Å²) >= 11 is 3.23. The molecule has 0 bridgehead atoms. The lowest BCUT2D eigenvalue weighted by Gasteiger charge is -2.17. The van der Waals surface area contributed by atoms with Crippen molar-refractivity contribution in [2.24, 2.45) is 5.92 Å². The van der Waals surface area contributed by atoms with Gasteiger partial charge in [0, 0.05) is 10.8 Å². The second kappa shape index (κ2) is 6.99. The molecule has 148 valence electrons. The van der Waals surface area contributed by atoms with Crippen molar-refractivity contribution in [2.45, 2.75) is 70.1 Å². The highest BCUT2D eigenvalue weighted by molar-refractivity contribution is 7.99. The van der Waals surface area contributed by atoms with E-state index in [9.17, 15) is 4.79 Å². The van der Waals surface area contributed by atoms with Gasteiger partial charge in [-0.3, -0.25) is 9.20 Å². The van der Waals surface area contributed by atoms with Crippen molar-refractivity contribution in [1.29, 1.82) is 0 Å². The van der Waals surface area contributed by atoms with E-state index in [1.165, 1.54) is 34.0 Å². The van der Waals surface area contributed by atoms with E-state index >= 15 is 0 Å². The van der Waals surface area contributed by atoms with Crippen LogP contribution in [0.25, 0.3) is 15.9 Å². The van der Waals surface area contributed by atoms with Gasteiger partial charge >= 0.3 is 5.97 Å². The van der Waals surface area contributed by atoms with Crippen LogP contribution in [0.4, 0.5) is 0 Å². The third-order valence-electron chi connectivity index (χ3n) is 5.42. The molecule has 3 aromatic rings. The normalized spacial score (nSPS) is 19.5. The number of aromatic nitrogens is 4. The van der Waals surface area contributed by atoms with Gasteiger partial charge in [0.05, 0.1) is 17.2 Å². The maximum absolute atomic E-state index is 12.0. The molecule has 1 saturated carbocycles. The van der Waals surface area contributed by atoms with E-state index in [-0.39, 0.29) is 17.8 Å². The first-order chi connectivity index (χ1) is 13.5. The fourth-order valence-electron chi connectivity index (χ4n) is 3.97. The van der Waals surface area contributed by atoms with Crippen molar-refractivity contribution in [2.75, 3.05) is 5.75 Å². The first-order valence-corrected chi connectivity index (χ1v) is 11.8. The molecule has 1 fully saturated rings. The number of aryl methyl sites for hydroxylation is 1. The molecule has 3 heterocycles. The predicted molar refractivity (Wildman–Crippen MR) is 111 cm³/mol. The Morgan fingerprint density at radius 3 is 2.89 bits per heavy atom. The Labute approximate surface area is 172 Å². The van der Waals surface area contributed by atoms with Crippen molar-refractivity contribution in [1.82, 2.24) is 19.6 Å². The summed E-state index contributed by atoms with van der Waals surface area (Å²) in [6.07, 6.45) is 5.66. The number of carbonyl (C=O) groups is 1. The summed E-state index contributed by atoms with van der Waals surface area (Å²) in [5.41, 5.74) is 2.33. The lowest BCUT2D eigenvalue weighted by molar-refractivity contribution is -0.144. The van der Waals surface area contributed by atoms with Crippen molar-refractivity contribution in [3.63, 3.8) is 0 Å². The Balaban J connectivity index is 1.59. The molecule has 3 aromatic heterocycles. The molecule has 28 heavy (non-hydrogen) atoms. The molecule has 1 unspecified atom stereocenters. The minimum absolute atomic E-state index is 0.105. The SMILES string of the molecule is CC1CCc2c(sc3nc(C4CC4)n4c(SCC(=O)OC(C)C)nnc4c23)C1. The third kappa shape index (κ3) is 3.20. The zero-order valence-electron chi connectivity index (χ0n) is 16.4. The highest BCUT2D eigenvalue weighted by atomic mass is 32.2. The van der Waals surface area contributed by atoms with Crippen LogP contribution in [0.3, 0.4) is 0 Å². The number of hydrogen-bond donors (Lipinski definition) is 0. The quantitative estimate of drug-likeness (QED) is 0.454. The lowest BCUT2D eigenvalue weighted by atomic mass is 9.89. The van der Waals surface area contributed by atoms with E-state index in [1.54, 1.807) is 0 Å². The number of ether oxygens (including phenoxy) is 1. The molecule has 1 atom stereocenters. The Hall–Kier alpha value is -1.67. The van der Waals surface area contributed by atoms with Crippen molar-refractivity contribution < 1.29 is 9.53 Å². The van der Waals surface area contributed by atoms with Gasteiger partial charge in [-0.1, -0.05) is 18.7 Å². The summed E-state index contributed by atoms with van der Waals surface area (Å²) in [6.45, 7) is 6.05. The number of nitrogens with zero attached hydrogens (tertiary/aromatic N) is 4. The van der Waals surface area contributed by atoms with E-state index in [4.69, 9.17) is 9.72 Å². The number of thioether (sulfide) groups is 1. The van der Waals surface area contributed by atoms with Crippen LogP contribution in [0.5, 0.6) is 0 Å². The number of thiophene rings is 1. The van der Waals surface area contributed by atoms with Crippen LogP contribution < -0.4 is 0 Å². The minimum atomic E-state index is -0.222. The van der Waals surface area contributed by atoms with Crippen LogP contribution in [-0.4, -0.2) is 37.4 Å². The standard InChI is InChI=1S/C20H24N4O2S2/c1-10(2)26-15(25)9-27-20-23-22-18-16-13-7-4-11(3)8-14(13)28-19(16)21-17(24(18)20)12-5-6-12/h10-12H,4-9H2,1-3H3. The maximum Gasteiger partial charge on any atom is 0.316 e. The van der Waals surface area contributed by atoms with E-state index in [1.807, 2.05) is 25.2 Å². The first kappa shape index (κ1) is 18.4. The monoisotopic (exact) mass is 416 g/mol. The number of hydrogen-bond acceptors (Lipinski definition) is 7. The number of fused-ring (bicyclic) bond motifs is 5. The van der Waals surface area contributed by atoms with E-state index in [2.05, 4.69) is 21.5 Å². The molecular weight excluding hydrogens is 392 g/mol. The van der Waals surface area contributed by atoms with Gasteiger partial charge in [-0.05, 0) is 57.4 Å². The zero-order chi connectivity index (χ0) is 19.4. The van der Waals surface area contributed by atoms with Crippen molar-refractivity contribution in [3.05, 3.63) is 16.3 Å². The second-order valence-corrected chi connectivity index (χ2v) is 10.3.